The minimum atomic E-state index is -1.14. The molecule has 2 N–H and O–H groups in total. The van der Waals surface area contributed by atoms with Crippen molar-refractivity contribution < 1.29 is 14.4 Å². The van der Waals surface area contributed by atoms with Gasteiger partial charge in [0.25, 0.3) is 0 Å². The van der Waals surface area contributed by atoms with Gasteiger partial charge in [-0.15, -0.1) is 5.10 Å². The van der Waals surface area contributed by atoms with E-state index in [-0.39, 0.29) is 5.69 Å². The Balaban J connectivity index is 1.81. The fraction of sp³-hybridized carbons (Fsp3) is 0.111. The van der Waals surface area contributed by atoms with E-state index in [1.54, 1.807) is 6.07 Å². The van der Waals surface area contributed by atoms with Crippen LogP contribution in [0.1, 0.15) is 33.9 Å². The molecule has 7 nitrogen and oxygen atoms in total. The van der Waals surface area contributed by atoms with Crippen LogP contribution < -0.4 is 0 Å². The Kier molecular flexibility index (Phi) is 3.53. The quantitative estimate of drug-likeness (QED) is 0.760. The van der Waals surface area contributed by atoms with Crippen LogP contribution in [0.25, 0.3) is 5.57 Å². The minimum Gasteiger partial charge on any atom is -0.476 e. The fourth-order valence-electron chi connectivity index (χ4n) is 3.10. The number of aromatic amines is 1. The number of aromatic nitrogens is 4. The van der Waals surface area contributed by atoms with E-state index in [4.69, 9.17) is 4.52 Å². The third-order valence-corrected chi connectivity index (χ3v) is 4.37. The Morgan fingerprint density at radius 2 is 2.04 bits per heavy atom. The van der Waals surface area contributed by atoms with Crippen molar-refractivity contribution in [1.82, 2.24) is 20.6 Å². The van der Waals surface area contributed by atoms with Crippen LogP contribution in [0.2, 0.25) is 0 Å². The third-order valence-electron chi connectivity index (χ3n) is 4.37. The number of hydrogen-bond acceptors (Lipinski definition) is 5. The second-order valence-corrected chi connectivity index (χ2v) is 5.74. The molecule has 25 heavy (non-hydrogen) atoms. The predicted molar refractivity (Wildman–Crippen MR) is 88.8 cm³/mol. The van der Waals surface area contributed by atoms with E-state index in [0.717, 1.165) is 11.1 Å². The Bertz CT molecular complexity index is 957. The molecule has 0 aliphatic heterocycles. The van der Waals surface area contributed by atoms with Crippen molar-refractivity contribution in [2.75, 3.05) is 0 Å². The minimum absolute atomic E-state index is 0.121. The summed E-state index contributed by atoms with van der Waals surface area (Å²) in [5, 5.41) is 23.8. The lowest BCUT2D eigenvalue weighted by Gasteiger charge is -2.28. The number of aromatic carboxylic acids is 1. The van der Waals surface area contributed by atoms with Gasteiger partial charge in [0.15, 0.2) is 5.69 Å². The topological polar surface area (TPSA) is 105 Å². The van der Waals surface area contributed by atoms with E-state index >= 15 is 0 Å². The SMILES string of the molecule is O=C(O)c1n[nH]nc1C1(c2ccon2)C=CC(c2ccccc2)=CC1. The lowest BCUT2D eigenvalue weighted by atomic mass is 9.73. The largest absolute Gasteiger partial charge is 0.476 e. The first-order valence-electron chi connectivity index (χ1n) is 7.71. The third kappa shape index (κ3) is 2.46. The van der Waals surface area contributed by atoms with Gasteiger partial charge in [-0.1, -0.05) is 53.7 Å². The van der Waals surface area contributed by atoms with Crippen LogP contribution in [0, 0.1) is 0 Å². The van der Waals surface area contributed by atoms with Crippen LogP contribution in [0.3, 0.4) is 0 Å². The van der Waals surface area contributed by atoms with Gasteiger partial charge in [-0.25, -0.2) is 4.79 Å². The highest BCUT2D eigenvalue weighted by Crippen LogP contribution is 2.41. The van der Waals surface area contributed by atoms with Gasteiger partial charge in [0.1, 0.15) is 12.0 Å². The molecule has 124 valence electrons. The molecule has 0 bridgehead atoms. The van der Waals surface area contributed by atoms with E-state index in [0.29, 0.717) is 17.8 Å². The van der Waals surface area contributed by atoms with Crippen LogP contribution in [0.15, 0.2) is 65.4 Å². The van der Waals surface area contributed by atoms with E-state index < -0.39 is 11.4 Å². The molecule has 1 aliphatic rings. The lowest BCUT2D eigenvalue weighted by Crippen LogP contribution is -2.29. The average molecular weight is 334 g/mol. The van der Waals surface area contributed by atoms with Crippen LogP contribution in [0.5, 0.6) is 0 Å². The zero-order valence-corrected chi connectivity index (χ0v) is 13.1. The summed E-state index contributed by atoms with van der Waals surface area (Å²) < 4.78 is 4.99. The Hall–Kier alpha value is -3.48. The van der Waals surface area contributed by atoms with E-state index in [1.807, 2.05) is 48.6 Å². The van der Waals surface area contributed by atoms with Gasteiger partial charge in [0, 0.05) is 6.07 Å². The lowest BCUT2D eigenvalue weighted by molar-refractivity contribution is 0.0688. The van der Waals surface area contributed by atoms with Gasteiger partial charge < -0.3 is 9.63 Å². The molecule has 2 heterocycles. The molecule has 2 aromatic heterocycles. The van der Waals surface area contributed by atoms with E-state index in [2.05, 4.69) is 20.6 Å². The molecular formula is C18H14N4O3. The summed E-state index contributed by atoms with van der Waals surface area (Å²) in [5.41, 5.74) is 2.08. The van der Waals surface area contributed by atoms with Crippen LogP contribution in [-0.2, 0) is 5.41 Å². The number of benzene rings is 1. The Morgan fingerprint density at radius 1 is 1.20 bits per heavy atom. The summed E-state index contributed by atoms with van der Waals surface area (Å²) in [6, 6.07) is 11.7. The monoisotopic (exact) mass is 334 g/mol. The molecule has 0 saturated heterocycles. The van der Waals surface area contributed by atoms with E-state index in [9.17, 15) is 9.90 Å². The maximum absolute atomic E-state index is 11.5. The van der Waals surface area contributed by atoms with Gasteiger partial charge in [-0.3, -0.25) is 0 Å². The second-order valence-electron chi connectivity index (χ2n) is 5.74. The van der Waals surface area contributed by atoms with Gasteiger partial charge in [-0.2, -0.15) is 10.3 Å². The highest BCUT2D eigenvalue weighted by atomic mass is 16.5. The fourth-order valence-corrected chi connectivity index (χ4v) is 3.10. The van der Waals surface area contributed by atoms with Gasteiger partial charge in [0.05, 0.1) is 11.1 Å². The number of allylic oxidation sites excluding steroid dienone is 4. The highest BCUT2D eigenvalue weighted by molar-refractivity contribution is 5.87. The molecule has 4 rings (SSSR count). The summed E-state index contributed by atoms with van der Waals surface area (Å²) in [6.45, 7) is 0. The Morgan fingerprint density at radius 3 is 2.68 bits per heavy atom. The number of carboxylic acids is 1. The molecule has 3 aromatic rings. The normalized spacial score (nSPS) is 19.6. The number of nitrogens with one attached hydrogen (secondary N) is 1. The van der Waals surface area contributed by atoms with E-state index in [1.165, 1.54) is 6.26 Å². The van der Waals surface area contributed by atoms with Crippen molar-refractivity contribution in [2.24, 2.45) is 0 Å². The van der Waals surface area contributed by atoms with Gasteiger partial charge >= 0.3 is 5.97 Å². The summed E-state index contributed by atoms with van der Waals surface area (Å²) >= 11 is 0. The van der Waals surface area contributed by atoms with Crippen molar-refractivity contribution in [1.29, 1.82) is 0 Å². The zero-order valence-electron chi connectivity index (χ0n) is 13.1. The number of carbonyl (C=O) groups is 1. The molecular weight excluding hydrogens is 320 g/mol. The van der Waals surface area contributed by atoms with Crippen molar-refractivity contribution in [3.8, 4) is 0 Å². The average Bonchev–Trinajstić information content (AvgIpc) is 3.35. The first-order valence-corrected chi connectivity index (χ1v) is 7.71. The van der Waals surface area contributed by atoms with Gasteiger partial charge in [0.2, 0.25) is 0 Å². The summed E-state index contributed by atoms with van der Waals surface area (Å²) in [7, 11) is 0. The molecule has 0 radical (unpaired) electrons. The number of hydrogen-bond donors (Lipinski definition) is 2. The van der Waals surface area contributed by atoms with Crippen molar-refractivity contribution in [3.05, 3.63) is 83.5 Å². The maximum Gasteiger partial charge on any atom is 0.358 e. The molecule has 1 aliphatic carbocycles. The molecule has 0 saturated carbocycles. The first kappa shape index (κ1) is 15.1. The summed E-state index contributed by atoms with van der Waals surface area (Å²) in [6.07, 6.45) is 7.87. The standard InChI is InChI=1S/C18H14N4O3/c23-17(24)15-16(20-22-19-15)18(14-8-11-25-21-14)9-6-13(7-10-18)12-4-2-1-3-5-12/h1-9,11H,10H2,(H,23,24)(H,19,20,22). The second kappa shape index (κ2) is 5.86. The zero-order chi connectivity index (χ0) is 17.3. The number of H-pyrrole nitrogens is 1. The molecule has 0 fully saturated rings. The maximum atomic E-state index is 11.5. The van der Waals surface area contributed by atoms with Crippen LogP contribution in [-0.4, -0.2) is 31.6 Å². The highest BCUT2D eigenvalue weighted by Gasteiger charge is 2.41. The van der Waals surface area contributed by atoms with Crippen LogP contribution >= 0.6 is 0 Å². The first-order chi connectivity index (χ1) is 12.2. The van der Waals surface area contributed by atoms with Crippen LogP contribution in [0.4, 0.5) is 0 Å². The number of nitrogens with zero attached hydrogens (tertiary/aromatic N) is 3. The molecule has 0 spiro atoms. The van der Waals surface area contributed by atoms with Crippen molar-refractivity contribution >= 4 is 11.5 Å². The number of carboxylic acid groups (broad SMARTS) is 1. The molecule has 1 aromatic carbocycles. The molecule has 7 heteroatoms. The van der Waals surface area contributed by atoms with Crippen molar-refractivity contribution in [2.45, 2.75) is 11.8 Å². The van der Waals surface area contributed by atoms with Crippen molar-refractivity contribution in [3.63, 3.8) is 0 Å². The molecule has 1 unspecified atom stereocenters. The predicted octanol–water partition coefficient (Wildman–Crippen LogP) is 2.82. The molecule has 1 atom stereocenters. The number of rotatable bonds is 4. The summed E-state index contributed by atoms with van der Waals surface area (Å²) in [4.78, 5) is 11.5. The Labute approximate surface area is 142 Å². The van der Waals surface area contributed by atoms with Gasteiger partial charge in [-0.05, 0) is 17.6 Å². The smallest absolute Gasteiger partial charge is 0.358 e. The molecule has 0 amide bonds. The summed E-state index contributed by atoms with van der Waals surface area (Å²) in [5.74, 6) is -1.14.